The quantitative estimate of drug-likeness (QED) is 0.290. The molecular formula is C21H22BrN5O4. The van der Waals surface area contributed by atoms with E-state index in [4.69, 9.17) is 9.57 Å². The summed E-state index contributed by atoms with van der Waals surface area (Å²) in [6.45, 7) is 0.0631. The lowest BCUT2D eigenvalue weighted by molar-refractivity contribution is -0.122. The van der Waals surface area contributed by atoms with Crippen molar-refractivity contribution in [3.63, 3.8) is 0 Å². The number of methoxy groups -OCH3 is 1. The van der Waals surface area contributed by atoms with Crippen LogP contribution in [0.15, 0.2) is 62.3 Å². The topological polar surface area (TPSA) is 101 Å². The number of oxime groups is 1. The maximum Gasteiger partial charge on any atom is 0.304 e. The Bertz CT molecular complexity index is 1120. The summed E-state index contributed by atoms with van der Waals surface area (Å²) in [6, 6.07) is 12.7. The van der Waals surface area contributed by atoms with Crippen LogP contribution in [0.4, 0.5) is 5.69 Å². The lowest BCUT2D eigenvalue weighted by atomic mass is 10.2. The number of ether oxygens (including phenoxy) is 1. The Morgan fingerprint density at radius 3 is 2.65 bits per heavy atom. The Kier molecular flexibility index (Phi) is 7.37. The van der Waals surface area contributed by atoms with Gasteiger partial charge < -0.3 is 14.7 Å². The van der Waals surface area contributed by atoms with Crippen molar-refractivity contribution in [3.8, 4) is 11.6 Å². The number of aromatic hydroxyl groups is 1. The molecule has 1 amide bonds. The second kappa shape index (κ2) is 10.2. The molecule has 31 heavy (non-hydrogen) atoms. The van der Waals surface area contributed by atoms with Crippen LogP contribution in [-0.2, 0) is 16.3 Å². The number of fused-ring (bicyclic) bond motifs is 1. The molecule has 1 aromatic heterocycles. The number of carbonyl (C=O) groups excluding carboxylic acids is 1. The second-order valence-electron chi connectivity index (χ2n) is 6.86. The van der Waals surface area contributed by atoms with E-state index < -0.39 is 5.91 Å². The molecule has 0 unspecified atom stereocenters. The summed E-state index contributed by atoms with van der Waals surface area (Å²) in [5.41, 5.74) is 1.78. The highest BCUT2D eigenvalue weighted by molar-refractivity contribution is 9.10. The summed E-state index contributed by atoms with van der Waals surface area (Å²) in [6.07, 6.45) is 1.47. The van der Waals surface area contributed by atoms with Crippen molar-refractivity contribution in [2.24, 2.45) is 15.4 Å². The van der Waals surface area contributed by atoms with Crippen molar-refractivity contribution in [3.05, 3.63) is 52.5 Å². The Labute approximate surface area is 187 Å². The van der Waals surface area contributed by atoms with Crippen molar-refractivity contribution in [1.29, 1.82) is 0 Å². The van der Waals surface area contributed by atoms with Gasteiger partial charge in [-0.15, -0.1) is 10.2 Å². The minimum Gasteiger partial charge on any atom is -0.497 e. The molecule has 0 radical (unpaired) electrons. The molecule has 0 aliphatic carbocycles. The van der Waals surface area contributed by atoms with Gasteiger partial charge in [0.05, 0.1) is 25.5 Å². The summed E-state index contributed by atoms with van der Waals surface area (Å²) in [7, 11) is 5.36. The Balaban J connectivity index is 1.69. The number of rotatable bonds is 8. The molecule has 3 rings (SSSR count). The molecule has 0 saturated carbocycles. The molecule has 162 valence electrons. The lowest BCUT2D eigenvalue weighted by Gasteiger charge is -2.13. The highest BCUT2D eigenvalue weighted by Gasteiger charge is 2.17. The molecule has 9 nitrogen and oxygen atoms in total. The summed E-state index contributed by atoms with van der Waals surface area (Å²) < 4.78 is 7.60. The van der Waals surface area contributed by atoms with Crippen LogP contribution in [0.25, 0.3) is 10.9 Å². The van der Waals surface area contributed by atoms with Gasteiger partial charge in [-0.2, -0.15) is 0 Å². The fourth-order valence-electron chi connectivity index (χ4n) is 2.84. The minimum absolute atomic E-state index is 0.0724. The normalized spacial score (nSPS) is 11.8. The maximum absolute atomic E-state index is 12.0. The molecule has 1 heterocycles. The van der Waals surface area contributed by atoms with E-state index in [1.807, 2.05) is 37.2 Å². The number of azo groups is 1. The molecule has 0 bridgehead atoms. The van der Waals surface area contributed by atoms with Crippen molar-refractivity contribution >= 4 is 44.6 Å². The van der Waals surface area contributed by atoms with E-state index in [1.165, 1.54) is 6.21 Å². The van der Waals surface area contributed by atoms with Crippen LogP contribution >= 0.6 is 15.9 Å². The second-order valence-corrected chi connectivity index (χ2v) is 7.77. The zero-order valence-electron chi connectivity index (χ0n) is 17.3. The monoisotopic (exact) mass is 487 g/mol. The van der Waals surface area contributed by atoms with Gasteiger partial charge in [0.25, 0.3) is 0 Å². The average molecular weight is 488 g/mol. The number of aromatic nitrogens is 1. The van der Waals surface area contributed by atoms with E-state index in [-0.39, 0.29) is 18.2 Å². The van der Waals surface area contributed by atoms with Gasteiger partial charge in [-0.05, 0) is 62.1 Å². The Hall–Kier alpha value is -3.24. The van der Waals surface area contributed by atoms with E-state index in [2.05, 4.69) is 31.3 Å². The number of amides is 1. The number of hydrogen-bond acceptors (Lipinski definition) is 7. The largest absolute Gasteiger partial charge is 0.497 e. The first-order valence-electron chi connectivity index (χ1n) is 9.28. The van der Waals surface area contributed by atoms with Crippen LogP contribution in [0.2, 0.25) is 0 Å². The zero-order chi connectivity index (χ0) is 22.4. The maximum atomic E-state index is 12.0. The summed E-state index contributed by atoms with van der Waals surface area (Å²) in [5.74, 6) is 0.0301. The number of nitrogens with zero attached hydrogens (tertiary/aromatic N) is 5. The number of benzene rings is 2. The van der Waals surface area contributed by atoms with Crippen molar-refractivity contribution in [2.45, 2.75) is 6.67 Å². The zero-order valence-corrected chi connectivity index (χ0v) is 18.9. The van der Waals surface area contributed by atoms with Crippen LogP contribution in [0.5, 0.6) is 11.6 Å². The van der Waals surface area contributed by atoms with Crippen LogP contribution in [-0.4, -0.2) is 54.5 Å². The number of carbonyl (C=O) groups is 1. The lowest BCUT2D eigenvalue weighted by Crippen LogP contribution is -2.16. The average Bonchev–Trinajstić information content (AvgIpc) is 3.00. The van der Waals surface area contributed by atoms with Gasteiger partial charge in [0.2, 0.25) is 5.88 Å². The molecule has 0 aliphatic heterocycles. The fourth-order valence-corrected chi connectivity index (χ4v) is 3.20. The third kappa shape index (κ3) is 5.68. The van der Waals surface area contributed by atoms with Gasteiger partial charge in [-0.3, -0.25) is 14.3 Å². The van der Waals surface area contributed by atoms with Crippen LogP contribution in [0, 0.1) is 0 Å². The molecule has 2 aromatic carbocycles. The van der Waals surface area contributed by atoms with Crippen molar-refractivity contribution in [1.82, 2.24) is 9.47 Å². The molecule has 3 aromatic rings. The molecule has 0 spiro atoms. The molecule has 0 saturated heterocycles. The highest BCUT2D eigenvalue weighted by atomic mass is 79.9. The van der Waals surface area contributed by atoms with Gasteiger partial charge in [-0.25, -0.2) is 0 Å². The van der Waals surface area contributed by atoms with E-state index in [1.54, 1.807) is 35.9 Å². The third-order valence-corrected chi connectivity index (χ3v) is 4.73. The predicted octanol–water partition coefficient (Wildman–Crippen LogP) is 4.30. The minimum atomic E-state index is -0.630. The van der Waals surface area contributed by atoms with Crippen LogP contribution in [0.3, 0.4) is 0 Å². The SMILES string of the molecule is COc1ccc(/C=N\OCC(=O)N=Nc2c(O)n(CN(C)C)c3ccc(Br)cc23)cc1. The van der Waals surface area contributed by atoms with Gasteiger partial charge in [0, 0.05) is 9.86 Å². The van der Waals surface area contributed by atoms with E-state index >= 15 is 0 Å². The molecule has 0 fully saturated rings. The van der Waals surface area contributed by atoms with Crippen molar-refractivity contribution in [2.75, 3.05) is 27.8 Å². The predicted molar refractivity (Wildman–Crippen MR) is 121 cm³/mol. The molecule has 1 N–H and O–H groups in total. The standard InChI is InChI=1S/C21H22BrN5O4/c1-26(2)13-27-18-9-6-15(22)10-17(18)20(21(27)29)25-24-19(28)12-31-23-11-14-4-7-16(30-3)8-5-14/h4-11,29H,12-13H2,1-3H3/b23-11-,25-24?. The Morgan fingerprint density at radius 1 is 1.23 bits per heavy atom. The van der Waals surface area contributed by atoms with E-state index in [0.717, 1.165) is 21.3 Å². The smallest absolute Gasteiger partial charge is 0.304 e. The molecule has 0 aliphatic rings. The molecule has 0 atom stereocenters. The first-order valence-corrected chi connectivity index (χ1v) is 10.1. The van der Waals surface area contributed by atoms with Gasteiger partial charge >= 0.3 is 5.91 Å². The van der Waals surface area contributed by atoms with Gasteiger partial charge in [0.1, 0.15) is 5.75 Å². The molecular weight excluding hydrogens is 466 g/mol. The summed E-state index contributed by atoms with van der Waals surface area (Å²) >= 11 is 3.42. The fraction of sp³-hybridized carbons (Fsp3) is 0.238. The van der Waals surface area contributed by atoms with E-state index in [0.29, 0.717) is 12.1 Å². The molecule has 10 heteroatoms. The van der Waals surface area contributed by atoms with Crippen LogP contribution in [0.1, 0.15) is 5.56 Å². The summed E-state index contributed by atoms with van der Waals surface area (Å²) in [4.78, 5) is 18.9. The Morgan fingerprint density at radius 2 is 1.97 bits per heavy atom. The van der Waals surface area contributed by atoms with Crippen LogP contribution < -0.4 is 4.74 Å². The van der Waals surface area contributed by atoms with Gasteiger partial charge in [-0.1, -0.05) is 21.1 Å². The highest BCUT2D eigenvalue weighted by Crippen LogP contribution is 2.40. The van der Waals surface area contributed by atoms with Crippen molar-refractivity contribution < 1.29 is 19.5 Å². The van der Waals surface area contributed by atoms with Gasteiger partial charge in [0.15, 0.2) is 12.3 Å². The number of halogens is 1. The number of hydrogen-bond donors (Lipinski definition) is 1. The first kappa shape index (κ1) is 22.4. The summed E-state index contributed by atoms with van der Waals surface area (Å²) in [5, 5.41) is 22.7. The third-order valence-electron chi connectivity index (χ3n) is 4.24. The first-order chi connectivity index (χ1) is 14.9. The van der Waals surface area contributed by atoms with E-state index in [9.17, 15) is 9.90 Å².